The van der Waals surface area contributed by atoms with Crippen LogP contribution in [-0.4, -0.2) is 56.0 Å². The van der Waals surface area contributed by atoms with Crippen LogP contribution in [0.2, 0.25) is 0 Å². The van der Waals surface area contributed by atoms with Gasteiger partial charge in [-0.1, -0.05) is 0 Å². The van der Waals surface area contributed by atoms with E-state index in [1.807, 2.05) is 0 Å². The van der Waals surface area contributed by atoms with Gasteiger partial charge in [0.2, 0.25) is 0 Å². The number of hydrogen-bond donors (Lipinski definition) is 0. The molecule has 0 atom stereocenters. The first kappa shape index (κ1) is 14.3. The molecule has 0 N–H and O–H groups in total. The lowest BCUT2D eigenvalue weighted by atomic mass is 10.1. The van der Waals surface area contributed by atoms with E-state index < -0.39 is 0 Å². The van der Waals surface area contributed by atoms with Crippen LogP contribution < -0.4 is 4.90 Å². The number of aromatic nitrogens is 5. The SMILES string of the molecule is CN(Cc1nnc2n1CCC2)C1CN(c2ccc(C3CC3)nn2)C1. The van der Waals surface area contributed by atoms with E-state index in [1.54, 1.807) is 0 Å². The highest BCUT2D eigenvalue weighted by atomic mass is 15.4. The summed E-state index contributed by atoms with van der Waals surface area (Å²) in [5.41, 5.74) is 1.16. The summed E-state index contributed by atoms with van der Waals surface area (Å²) in [6, 6.07) is 4.82. The predicted octanol–water partition coefficient (Wildman–Crippen LogP) is 1.21. The van der Waals surface area contributed by atoms with Gasteiger partial charge in [-0.05, 0) is 38.4 Å². The molecule has 3 aliphatic rings. The van der Waals surface area contributed by atoms with Crippen LogP contribution in [0.3, 0.4) is 0 Å². The highest BCUT2D eigenvalue weighted by molar-refractivity contribution is 5.42. The molecule has 7 heteroatoms. The highest BCUT2D eigenvalue weighted by Crippen LogP contribution is 2.38. The number of hydrogen-bond acceptors (Lipinski definition) is 6. The van der Waals surface area contributed by atoms with Crippen molar-refractivity contribution in [1.82, 2.24) is 29.9 Å². The molecule has 0 unspecified atom stereocenters. The van der Waals surface area contributed by atoms with Crippen LogP contribution >= 0.6 is 0 Å². The monoisotopic (exact) mass is 325 g/mol. The Hall–Kier alpha value is -2.02. The van der Waals surface area contributed by atoms with Crippen LogP contribution in [0.15, 0.2) is 12.1 Å². The average Bonchev–Trinajstić information content (AvgIpc) is 3.17. The van der Waals surface area contributed by atoms with Gasteiger partial charge in [0.05, 0.1) is 12.2 Å². The van der Waals surface area contributed by atoms with E-state index in [4.69, 9.17) is 0 Å². The van der Waals surface area contributed by atoms with Gasteiger partial charge in [-0.3, -0.25) is 4.90 Å². The van der Waals surface area contributed by atoms with Crippen molar-refractivity contribution < 1.29 is 0 Å². The molecule has 2 aromatic rings. The third-order valence-electron chi connectivity index (χ3n) is 5.55. The molecule has 1 aliphatic carbocycles. The minimum absolute atomic E-state index is 0.546. The average molecular weight is 325 g/mol. The summed E-state index contributed by atoms with van der Waals surface area (Å²) >= 11 is 0. The number of anilines is 1. The summed E-state index contributed by atoms with van der Waals surface area (Å²) < 4.78 is 2.29. The van der Waals surface area contributed by atoms with Gasteiger partial charge in [-0.25, -0.2) is 0 Å². The van der Waals surface area contributed by atoms with E-state index in [9.17, 15) is 0 Å². The van der Waals surface area contributed by atoms with Gasteiger partial charge in [0.25, 0.3) is 0 Å². The zero-order valence-corrected chi connectivity index (χ0v) is 14.1. The van der Waals surface area contributed by atoms with Gasteiger partial charge < -0.3 is 9.47 Å². The fraction of sp³-hybridized carbons (Fsp3) is 0.647. The Morgan fingerprint density at radius 3 is 2.75 bits per heavy atom. The quantitative estimate of drug-likeness (QED) is 0.823. The molecule has 0 amide bonds. The second kappa shape index (κ2) is 5.51. The van der Waals surface area contributed by atoms with Gasteiger partial charge in [-0.15, -0.1) is 15.3 Å². The zero-order chi connectivity index (χ0) is 16.1. The van der Waals surface area contributed by atoms with Crippen LogP contribution in [0.4, 0.5) is 5.82 Å². The van der Waals surface area contributed by atoms with Crippen LogP contribution in [0.5, 0.6) is 0 Å². The van der Waals surface area contributed by atoms with E-state index in [0.717, 1.165) is 55.8 Å². The molecule has 1 saturated carbocycles. The molecule has 2 aliphatic heterocycles. The maximum absolute atomic E-state index is 4.41. The zero-order valence-electron chi connectivity index (χ0n) is 14.1. The molecule has 0 radical (unpaired) electrons. The van der Waals surface area contributed by atoms with Crippen LogP contribution in [0, 0.1) is 0 Å². The van der Waals surface area contributed by atoms with E-state index in [-0.39, 0.29) is 0 Å². The van der Waals surface area contributed by atoms with Gasteiger partial charge in [0.15, 0.2) is 5.82 Å². The minimum Gasteiger partial charge on any atom is -0.352 e. The summed E-state index contributed by atoms with van der Waals surface area (Å²) in [5.74, 6) is 3.94. The minimum atomic E-state index is 0.546. The Bertz CT molecular complexity index is 728. The van der Waals surface area contributed by atoms with Crippen molar-refractivity contribution in [2.75, 3.05) is 25.0 Å². The molecular formula is C17H23N7. The molecular weight excluding hydrogens is 302 g/mol. The fourth-order valence-corrected chi connectivity index (χ4v) is 3.70. The normalized spacial score (nSPS) is 20.5. The second-order valence-corrected chi connectivity index (χ2v) is 7.35. The lowest BCUT2D eigenvalue weighted by Gasteiger charge is -2.44. The summed E-state index contributed by atoms with van der Waals surface area (Å²) in [6.07, 6.45) is 4.83. The van der Waals surface area contributed by atoms with Crippen molar-refractivity contribution in [3.05, 3.63) is 29.5 Å². The second-order valence-electron chi connectivity index (χ2n) is 7.35. The summed E-state index contributed by atoms with van der Waals surface area (Å²) in [4.78, 5) is 4.69. The number of likely N-dealkylation sites (N-methyl/N-ethyl adjacent to an activating group) is 1. The molecule has 1 saturated heterocycles. The van der Waals surface area contributed by atoms with Crippen molar-refractivity contribution in [2.24, 2.45) is 0 Å². The molecule has 24 heavy (non-hydrogen) atoms. The van der Waals surface area contributed by atoms with Gasteiger partial charge in [-0.2, -0.15) is 5.10 Å². The molecule has 0 spiro atoms. The third kappa shape index (κ3) is 2.47. The molecule has 126 valence electrons. The summed E-state index contributed by atoms with van der Waals surface area (Å²) in [5, 5.41) is 17.5. The highest BCUT2D eigenvalue weighted by Gasteiger charge is 2.33. The van der Waals surface area contributed by atoms with Gasteiger partial charge >= 0.3 is 0 Å². The predicted molar refractivity (Wildman–Crippen MR) is 89.8 cm³/mol. The first-order chi connectivity index (χ1) is 11.8. The van der Waals surface area contributed by atoms with Crippen molar-refractivity contribution >= 4 is 5.82 Å². The fourth-order valence-electron chi connectivity index (χ4n) is 3.70. The molecule has 4 heterocycles. The van der Waals surface area contributed by atoms with Crippen LogP contribution in [0.1, 0.15) is 42.5 Å². The van der Waals surface area contributed by atoms with Gasteiger partial charge in [0, 0.05) is 38.0 Å². The lowest BCUT2D eigenvalue weighted by molar-refractivity contribution is 0.190. The largest absolute Gasteiger partial charge is 0.352 e. The summed E-state index contributed by atoms with van der Waals surface area (Å²) in [6.45, 7) is 3.97. The lowest BCUT2D eigenvalue weighted by Crippen LogP contribution is -2.58. The topological polar surface area (TPSA) is 63.0 Å². The first-order valence-electron chi connectivity index (χ1n) is 8.98. The Morgan fingerprint density at radius 2 is 2.00 bits per heavy atom. The third-order valence-corrected chi connectivity index (χ3v) is 5.55. The Balaban J connectivity index is 1.18. The van der Waals surface area contributed by atoms with E-state index in [0.29, 0.717) is 12.0 Å². The van der Waals surface area contributed by atoms with E-state index in [1.165, 1.54) is 19.3 Å². The first-order valence-corrected chi connectivity index (χ1v) is 8.98. The van der Waals surface area contributed by atoms with Crippen molar-refractivity contribution in [1.29, 1.82) is 0 Å². The van der Waals surface area contributed by atoms with Crippen LogP contribution in [0.25, 0.3) is 0 Å². The number of aryl methyl sites for hydroxylation is 1. The Kier molecular flexibility index (Phi) is 3.29. The molecule has 0 bridgehead atoms. The van der Waals surface area contributed by atoms with E-state index in [2.05, 4.69) is 53.9 Å². The smallest absolute Gasteiger partial charge is 0.151 e. The van der Waals surface area contributed by atoms with E-state index >= 15 is 0 Å². The standard InChI is InChI=1S/C17H23N7/c1-22(11-17-21-20-16-3-2-8-24(16)17)13-9-23(10-13)15-7-6-14(18-19-15)12-4-5-12/h6-7,12-13H,2-5,8-11H2,1H3. The van der Waals surface area contributed by atoms with Gasteiger partial charge in [0.1, 0.15) is 11.6 Å². The molecule has 2 fully saturated rings. The van der Waals surface area contributed by atoms with Crippen molar-refractivity contribution in [3.8, 4) is 0 Å². The molecule has 2 aromatic heterocycles. The Labute approximate surface area is 141 Å². The Morgan fingerprint density at radius 1 is 1.12 bits per heavy atom. The maximum atomic E-state index is 4.41. The molecule has 7 nitrogen and oxygen atoms in total. The van der Waals surface area contributed by atoms with Crippen LogP contribution in [-0.2, 0) is 19.5 Å². The molecule has 0 aromatic carbocycles. The van der Waals surface area contributed by atoms with Crippen molar-refractivity contribution in [3.63, 3.8) is 0 Å². The summed E-state index contributed by atoms with van der Waals surface area (Å²) in [7, 11) is 2.18. The van der Waals surface area contributed by atoms with Crippen molar-refractivity contribution in [2.45, 2.75) is 50.7 Å². The number of fused-ring (bicyclic) bond motifs is 1. The number of nitrogens with zero attached hydrogens (tertiary/aromatic N) is 7. The molecule has 5 rings (SSSR count). The maximum Gasteiger partial charge on any atom is 0.151 e. The number of rotatable bonds is 5.